The lowest BCUT2D eigenvalue weighted by atomic mass is 9.77. The SMILES string of the molecule is CN[C@@H](C)C(=O)N[C@H](C(=O)C1CCC[C@H]1CN(CCc1ccccc1)C(=O)c1cccc(C(=O)NCCc2ccccc2)c1)C(C)(C)C. The summed E-state index contributed by atoms with van der Waals surface area (Å²) >= 11 is 0. The number of likely N-dealkylation sites (N-methyl/N-ethyl adjacent to an activating group) is 1. The zero-order valence-corrected chi connectivity index (χ0v) is 29.1. The van der Waals surface area contributed by atoms with Crippen LogP contribution in [0.2, 0.25) is 0 Å². The van der Waals surface area contributed by atoms with Gasteiger partial charge in [-0.3, -0.25) is 19.2 Å². The maximum atomic E-state index is 14.2. The fourth-order valence-corrected chi connectivity index (χ4v) is 6.47. The monoisotopic (exact) mass is 652 g/mol. The van der Waals surface area contributed by atoms with E-state index in [9.17, 15) is 19.2 Å². The molecular weight excluding hydrogens is 600 g/mol. The zero-order chi connectivity index (χ0) is 34.7. The predicted octanol–water partition coefficient (Wildman–Crippen LogP) is 5.47. The van der Waals surface area contributed by atoms with Crippen LogP contribution in [0, 0.1) is 17.3 Å². The number of hydrogen-bond acceptors (Lipinski definition) is 5. The molecule has 1 aliphatic rings. The Morgan fingerprint density at radius 2 is 1.46 bits per heavy atom. The minimum absolute atomic E-state index is 0.0336. The lowest BCUT2D eigenvalue weighted by Crippen LogP contribution is -2.55. The number of amides is 3. The van der Waals surface area contributed by atoms with Gasteiger partial charge < -0.3 is 20.9 Å². The fraction of sp³-hybridized carbons (Fsp3) is 0.450. The van der Waals surface area contributed by atoms with Gasteiger partial charge in [0.2, 0.25) is 5.91 Å². The van der Waals surface area contributed by atoms with Crippen LogP contribution in [-0.4, -0.2) is 67.2 Å². The Bertz CT molecular complexity index is 1520. The second kappa shape index (κ2) is 17.2. The summed E-state index contributed by atoms with van der Waals surface area (Å²) in [4.78, 5) is 56.1. The van der Waals surface area contributed by atoms with Gasteiger partial charge in [0.1, 0.15) is 0 Å². The number of nitrogens with one attached hydrogen (secondary N) is 3. The van der Waals surface area contributed by atoms with Gasteiger partial charge in [-0.25, -0.2) is 0 Å². The summed E-state index contributed by atoms with van der Waals surface area (Å²) in [5.74, 6) is -0.860. The molecule has 256 valence electrons. The first-order valence-corrected chi connectivity index (χ1v) is 17.2. The molecule has 4 atom stereocenters. The molecule has 0 saturated heterocycles. The van der Waals surface area contributed by atoms with Crippen LogP contribution >= 0.6 is 0 Å². The van der Waals surface area contributed by atoms with Gasteiger partial charge >= 0.3 is 0 Å². The van der Waals surface area contributed by atoms with E-state index >= 15 is 0 Å². The van der Waals surface area contributed by atoms with Crippen LogP contribution in [-0.2, 0) is 22.4 Å². The van der Waals surface area contributed by atoms with Crippen LogP contribution < -0.4 is 16.0 Å². The van der Waals surface area contributed by atoms with Crippen molar-refractivity contribution < 1.29 is 19.2 Å². The summed E-state index contributed by atoms with van der Waals surface area (Å²) in [5, 5.41) is 8.96. The standard InChI is InChI=1S/C40H52N4O4/c1-28(41-5)37(46)43-36(40(2,3)4)35(45)34-21-13-20-33(34)27-44(25-23-30-16-10-7-11-17-30)39(48)32-19-12-18-31(26-32)38(47)42-24-22-29-14-8-6-9-15-29/h6-12,14-19,26,28,33-34,36,41H,13,20-25,27H2,1-5H3,(H,42,47)(H,43,46)/t28-,33-,34?,36+/m0/s1. The first-order valence-electron chi connectivity index (χ1n) is 17.2. The molecule has 0 aromatic heterocycles. The summed E-state index contributed by atoms with van der Waals surface area (Å²) in [6.45, 7) is 9.10. The Balaban J connectivity index is 1.51. The summed E-state index contributed by atoms with van der Waals surface area (Å²) in [7, 11) is 1.72. The maximum absolute atomic E-state index is 14.2. The van der Waals surface area contributed by atoms with Crippen molar-refractivity contribution in [2.45, 2.75) is 71.9 Å². The van der Waals surface area contributed by atoms with Gasteiger partial charge in [-0.05, 0) is 80.3 Å². The third kappa shape index (κ3) is 10.1. The summed E-state index contributed by atoms with van der Waals surface area (Å²) in [5.41, 5.74) is 2.67. The van der Waals surface area contributed by atoms with E-state index in [1.807, 2.05) is 86.3 Å². The highest BCUT2D eigenvalue weighted by atomic mass is 16.2. The van der Waals surface area contributed by atoms with E-state index in [0.717, 1.165) is 30.4 Å². The molecule has 1 fully saturated rings. The number of nitrogens with zero attached hydrogens (tertiary/aromatic N) is 1. The Morgan fingerprint density at radius 3 is 2.08 bits per heavy atom. The number of carbonyl (C=O) groups excluding carboxylic acids is 4. The van der Waals surface area contributed by atoms with Crippen molar-refractivity contribution in [1.82, 2.24) is 20.9 Å². The molecule has 8 heteroatoms. The number of carbonyl (C=O) groups is 4. The van der Waals surface area contributed by atoms with Crippen molar-refractivity contribution in [3.8, 4) is 0 Å². The van der Waals surface area contributed by atoms with Crippen LogP contribution in [0.5, 0.6) is 0 Å². The lowest BCUT2D eigenvalue weighted by molar-refractivity contribution is -0.134. The second-order valence-corrected chi connectivity index (χ2v) is 14.1. The number of Topliss-reactive ketones (excluding diaryl/α,β-unsaturated/α-hetero) is 1. The van der Waals surface area contributed by atoms with Gasteiger partial charge in [-0.15, -0.1) is 0 Å². The van der Waals surface area contributed by atoms with E-state index in [1.165, 1.54) is 0 Å². The van der Waals surface area contributed by atoms with Crippen LogP contribution in [0.3, 0.4) is 0 Å². The molecule has 1 unspecified atom stereocenters. The third-order valence-electron chi connectivity index (χ3n) is 9.46. The van der Waals surface area contributed by atoms with Crippen molar-refractivity contribution in [3.63, 3.8) is 0 Å². The largest absolute Gasteiger partial charge is 0.352 e. The summed E-state index contributed by atoms with van der Waals surface area (Å²) in [6, 6.07) is 25.9. The van der Waals surface area contributed by atoms with E-state index in [0.29, 0.717) is 43.6 Å². The molecule has 8 nitrogen and oxygen atoms in total. The van der Waals surface area contributed by atoms with E-state index in [1.54, 1.807) is 38.2 Å². The zero-order valence-electron chi connectivity index (χ0n) is 29.1. The van der Waals surface area contributed by atoms with Gasteiger partial charge in [-0.1, -0.05) is 93.9 Å². The Labute approximate surface area is 286 Å². The van der Waals surface area contributed by atoms with E-state index in [4.69, 9.17) is 0 Å². The molecule has 0 radical (unpaired) electrons. The second-order valence-electron chi connectivity index (χ2n) is 14.1. The molecule has 3 aromatic carbocycles. The molecule has 3 aromatic rings. The van der Waals surface area contributed by atoms with Crippen molar-refractivity contribution in [2.75, 3.05) is 26.7 Å². The van der Waals surface area contributed by atoms with Gasteiger partial charge in [-0.2, -0.15) is 0 Å². The Kier molecular flexibility index (Phi) is 13.1. The molecule has 0 heterocycles. The van der Waals surface area contributed by atoms with E-state index in [-0.39, 0.29) is 35.3 Å². The number of hydrogen-bond donors (Lipinski definition) is 3. The topological polar surface area (TPSA) is 108 Å². The minimum Gasteiger partial charge on any atom is -0.352 e. The van der Waals surface area contributed by atoms with Gasteiger partial charge in [0.25, 0.3) is 11.8 Å². The van der Waals surface area contributed by atoms with Crippen LogP contribution in [0.1, 0.15) is 78.8 Å². The summed E-state index contributed by atoms with van der Waals surface area (Å²) in [6.07, 6.45) is 3.83. The van der Waals surface area contributed by atoms with Gasteiger partial charge in [0.05, 0.1) is 12.1 Å². The van der Waals surface area contributed by atoms with Crippen LogP contribution in [0.4, 0.5) is 0 Å². The highest BCUT2D eigenvalue weighted by Crippen LogP contribution is 2.37. The molecule has 1 aliphatic carbocycles. The lowest BCUT2D eigenvalue weighted by Gasteiger charge is -2.35. The van der Waals surface area contributed by atoms with Crippen molar-refractivity contribution >= 4 is 23.5 Å². The predicted molar refractivity (Wildman–Crippen MR) is 191 cm³/mol. The van der Waals surface area contributed by atoms with Crippen molar-refractivity contribution in [2.24, 2.45) is 17.3 Å². The number of benzene rings is 3. The smallest absolute Gasteiger partial charge is 0.253 e. The molecule has 3 N–H and O–H groups in total. The molecule has 0 bridgehead atoms. The first-order chi connectivity index (χ1) is 23.0. The Hall–Kier alpha value is -4.30. The third-order valence-corrected chi connectivity index (χ3v) is 9.46. The highest BCUT2D eigenvalue weighted by molar-refractivity contribution is 6.00. The van der Waals surface area contributed by atoms with Crippen LogP contribution in [0.25, 0.3) is 0 Å². The van der Waals surface area contributed by atoms with Crippen molar-refractivity contribution in [1.29, 1.82) is 0 Å². The normalized spacial score (nSPS) is 17.3. The first kappa shape index (κ1) is 36.5. The number of ketones is 1. The quantitative estimate of drug-likeness (QED) is 0.202. The molecule has 3 amide bonds. The fourth-order valence-electron chi connectivity index (χ4n) is 6.47. The number of rotatable bonds is 15. The molecule has 1 saturated carbocycles. The molecule has 4 rings (SSSR count). The summed E-state index contributed by atoms with van der Waals surface area (Å²) < 4.78 is 0. The average molecular weight is 653 g/mol. The maximum Gasteiger partial charge on any atom is 0.253 e. The molecule has 0 spiro atoms. The van der Waals surface area contributed by atoms with Gasteiger partial charge in [0.15, 0.2) is 5.78 Å². The van der Waals surface area contributed by atoms with E-state index < -0.39 is 17.5 Å². The Morgan fingerprint density at radius 1 is 0.833 bits per heavy atom. The van der Waals surface area contributed by atoms with Crippen molar-refractivity contribution in [3.05, 3.63) is 107 Å². The minimum atomic E-state index is -0.642. The molecule has 48 heavy (non-hydrogen) atoms. The van der Waals surface area contributed by atoms with Crippen LogP contribution in [0.15, 0.2) is 84.9 Å². The highest BCUT2D eigenvalue weighted by Gasteiger charge is 2.42. The van der Waals surface area contributed by atoms with E-state index in [2.05, 4.69) is 16.0 Å². The van der Waals surface area contributed by atoms with Gasteiger partial charge in [0, 0.05) is 36.7 Å². The average Bonchev–Trinajstić information content (AvgIpc) is 3.56. The molecule has 0 aliphatic heterocycles. The molecular formula is C40H52N4O4.